The third-order valence-corrected chi connectivity index (χ3v) is 6.66. The largest absolute Gasteiger partial charge is 0.303 e. The lowest BCUT2D eigenvalue weighted by atomic mass is 9.47. The monoisotopic (exact) mass is 276 g/mol. The van der Waals surface area contributed by atoms with Gasteiger partial charge < -0.3 is 4.79 Å². The molecule has 0 bridgehead atoms. The Kier molecular flexibility index (Phi) is 4.76. The minimum atomic E-state index is -0.0917. The fourth-order valence-corrected chi connectivity index (χ4v) is 4.85. The molecule has 1 saturated carbocycles. The predicted molar refractivity (Wildman–Crippen MR) is 85.6 cm³/mol. The molecule has 2 atom stereocenters. The lowest BCUT2D eigenvalue weighted by Crippen LogP contribution is -2.51. The molecule has 0 N–H and O–H groups in total. The zero-order valence-electron chi connectivity index (χ0n) is 13.8. The van der Waals surface area contributed by atoms with Crippen molar-refractivity contribution in [2.24, 2.45) is 28.6 Å². The Morgan fingerprint density at radius 3 is 2.20 bits per heavy atom. The lowest BCUT2D eigenvalue weighted by molar-refractivity contribution is -0.136. The number of rotatable bonds is 4. The normalized spacial score (nSPS) is 39.8. The maximum absolute atomic E-state index is 12.2. The first-order chi connectivity index (χ1) is 9.47. The van der Waals surface area contributed by atoms with E-state index in [4.69, 9.17) is 0 Å². The van der Waals surface area contributed by atoms with Gasteiger partial charge in [-0.1, -0.05) is 52.7 Å². The summed E-state index contributed by atoms with van der Waals surface area (Å²) in [7, 11) is 0. The number of allylic oxidation sites excluding steroid dienone is 2. The van der Waals surface area contributed by atoms with Crippen LogP contribution >= 0.6 is 0 Å². The maximum Gasteiger partial charge on any atom is 0.127 e. The van der Waals surface area contributed by atoms with Gasteiger partial charge in [-0.25, -0.2) is 0 Å². The summed E-state index contributed by atoms with van der Waals surface area (Å²) < 4.78 is 0. The van der Waals surface area contributed by atoms with Crippen molar-refractivity contribution >= 4 is 6.29 Å². The quantitative estimate of drug-likeness (QED) is 0.496. The summed E-state index contributed by atoms with van der Waals surface area (Å²) in [5.41, 5.74) is 0.145. The minimum Gasteiger partial charge on any atom is -0.303 e. The summed E-state index contributed by atoms with van der Waals surface area (Å²) in [5, 5.41) is 0. The van der Waals surface area contributed by atoms with Crippen molar-refractivity contribution in [1.29, 1.82) is 0 Å². The molecule has 0 aromatic rings. The molecule has 2 unspecified atom stereocenters. The first-order valence-corrected chi connectivity index (χ1v) is 8.59. The first-order valence-electron chi connectivity index (χ1n) is 8.59. The van der Waals surface area contributed by atoms with Crippen LogP contribution in [0.25, 0.3) is 0 Å². The molecule has 2 aliphatic carbocycles. The minimum absolute atomic E-state index is 0.0917. The number of carbonyl (C=O) groups excluding carboxylic acids is 1. The van der Waals surface area contributed by atoms with Crippen LogP contribution < -0.4 is 0 Å². The van der Waals surface area contributed by atoms with Crippen LogP contribution in [0.4, 0.5) is 0 Å². The van der Waals surface area contributed by atoms with E-state index in [0.717, 1.165) is 25.2 Å². The van der Waals surface area contributed by atoms with Gasteiger partial charge in [0.25, 0.3) is 0 Å². The Balaban J connectivity index is 2.39. The van der Waals surface area contributed by atoms with Crippen LogP contribution in [0.15, 0.2) is 12.2 Å². The van der Waals surface area contributed by atoms with Crippen LogP contribution in [0.5, 0.6) is 0 Å². The highest BCUT2D eigenvalue weighted by Gasteiger charge is 2.54. The molecular weight excluding hydrogens is 244 g/mol. The van der Waals surface area contributed by atoms with Gasteiger partial charge in [0.2, 0.25) is 0 Å². The highest BCUT2D eigenvalue weighted by Crippen LogP contribution is 2.60. The maximum atomic E-state index is 12.2. The molecule has 2 rings (SSSR count). The predicted octanol–water partition coefficient (Wildman–Crippen LogP) is 5.40. The summed E-state index contributed by atoms with van der Waals surface area (Å²) in [6.45, 7) is 9.45. The SMILES string of the molecule is CC1CCC(C(C)C(C)C)(C2(C=O)CC=CCC2)CC1. The zero-order valence-corrected chi connectivity index (χ0v) is 13.8. The standard InChI is InChI=1S/C19H32O/c1-15(2)17(4)19(12-8-16(3)9-13-19)18(14-20)10-6-5-7-11-18/h5-6,14-17H,7-13H2,1-4H3. The fraction of sp³-hybridized carbons (Fsp3) is 0.842. The highest BCUT2D eigenvalue weighted by atomic mass is 16.1. The van der Waals surface area contributed by atoms with E-state index in [-0.39, 0.29) is 10.8 Å². The average Bonchev–Trinajstić information content (AvgIpc) is 2.48. The van der Waals surface area contributed by atoms with Gasteiger partial charge in [0.05, 0.1) is 0 Å². The van der Waals surface area contributed by atoms with E-state index in [1.807, 2.05) is 0 Å². The molecule has 0 aromatic carbocycles. The van der Waals surface area contributed by atoms with Gasteiger partial charge in [-0.05, 0) is 55.3 Å². The molecule has 2 aliphatic rings. The van der Waals surface area contributed by atoms with Gasteiger partial charge in [0.1, 0.15) is 6.29 Å². The van der Waals surface area contributed by atoms with Crippen LogP contribution in [-0.4, -0.2) is 6.29 Å². The lowest BCUT2D eigenvalue weighted by Gasteiger charge is -2.56. The van der Waals surface area contributed by atoms with Crippen molar-refractivity contribution in [1.82, 2.24) is 0 Å². The van der Waals surface area contributed by atoms with Crippen LogP contribution in [0.1, 0.15) is 72.6 Å². The molecule has 114 valence electrons. The van der Waals surface area contributed by atoms with E-state index >= 15 is 0 Å². The van der Waals surface area contributed by atoms with E-state index in [9.17, 15) is 4.79 Å². The van der Waals surface area contributed by atoms with Gasteiger partial charge in [0.15, 0.2) is 0 Å². The molecule has 1 heteroatoms. The average molecular weight is 276 g/mol. The second-order valence-corrected chi connectivity index (χ2v) is 7.86. The third kappa shape index (κ3) is 2.49. The molecule has 0 spiro atoms. The van der Waals surface area contributed by atoms with Crippen LogP contribution in [0, 0.1) is 28.6 Å². The molecule has 0 heterocycles. The van der Waals surface area contributed by atoms with E-state index in [2.05, 4.69) is 39.8 Å². The summed E-state index contributed by atoms with van der Waals surface area (Å²) in [6.07, 6.45) is 14.1. The van der Waals surface area contributed by atoms with Crippen molar-refractivity contribution < 1.29 is 4.79 Å². The van der Waals surface area contributed by atoms with Crippen molar-refractivity contribution in [3.05, 3.63) is 12.2 Å². The number of hydrogen-bond donors (Lipinski definition) is 0. The molecule has 0 saturated heterocycles. The van der Waals surface area contributed by atoms with E-state index in [0.29, 0.717) is 11.8 Å². The van der Waals surface area contributed by atoms with Crippen LogP contribution in [0.3, 0.4) is 0 Å². The van der Waals surface area contributed by atoms with Crippen LogP contribution in [0.2, 0.25) is 0 Å². The summed E-state index contributed by atoms with van der Waals surface area (Å²) in [4.78, 5) is 12.2. The van der Waals surface area contributed by atoms with Crippen molar-refractivity contribution in [3.8, 4) is 0 Å². The Bertz CT molecular complexity index is 360. The number of aldehydes is 1. The summed E-state index contributed by atoms with van der Waals surface area (Å²) >= 11 is 0. The smallest absolute Gasteiger partial charge is 0.127 e. The Hall–Kier alpha value is -0.590. The Labute approximate surface area is 125 Å². The van der Waals surface area contributed by atoms with E-state index in [1.165, 1.54) is 32.0 Å². The van der Waals surface area contributed by atoms with Gasteiger partial charge in [0, 0.05) is 5.41 Å². The van der Waals surface area contributed by atoms with Gasteiger partial charge in [-0.15, -0.1) is 0 Å². The van der Waals surface area contributed by atoms with Crippen molar-refractivity contribution in [2.45, 2.75) is 72.6 Å². The highest BCUT2D eigenvalue weighted by molar-refractivity contribution is 5.62. The molecule has 1 fully saturated rings. The Morgan fingerprint density at radius 1 is 1.10 bits per heavy atom. The van der Waals surface area contributed by atoms with Gasteiger partial charge in [-0.2, -0.15) is 0 Å². The third-order valence-electron chi connectivity index (χ3n) is 6.66. The van der Waals surface area contributed by atoms with Gasteiger partial charge >= 0.3 is 0 Å². The second-order valence-electron chi connectivity index (χ2n) is 7.86. The van der Waals surface area contributed by atoms with Crippen LogP contribution in [-0.2, 0) is 4.79 Å². The molecule has 0 radical (unpaired) electrons. The molecule has 1 nitrogen and oxygen atoms in total. The molecular formula is C19H32O. The number of carbonyl (C=O) groups is 1. The first kappa shape index (κ1) is 15.8. The second kappa shape index (κ2) is 6.03. The van der Waals surface area contributed by atoms with Crippen molar-refractivity contribution in [2.75, 3.05) is 0 Å². The Morgan fingerprint density at radius 2 is 1.75 bits per heavy atom. The van der Waals surface area contributed by atoms with Crippen molar-refractivity contribution in [3.63, 3.8) is 0 Å². The van der Waals surface area contributed by atoms with E-state index < -0.39 is 0 Å². The number of hydrogen-bond acceptors (Lipinski definition) is 1. The topological polar surface area (TPSA) is 17.1 Å². The summed E-state index contributed by atoms with van der Waals surface area (Å²) in [6, 6.07) is 0. The molecule has 0 amide bonds. The zero-order chi connectivity index (χ0) is 14.8. The molecule has 20 heavy (non-hydrogen) atoms. The van der Waals surface area contributed by atoms with Gasteiger partial charge in [-0.3, -0.25) is 0 Å². The van der Waals surface area contributed by atoms with E-state index in [1.54, 1.807) is 0 Å². The fourth-order valence-electron chi connectivity index (χ4n) is 4.85. The summed E-state index contributed by atoms with van der Waals surface area (Å²) in [5.74, 6) is 2.13. The molecule has 0 aromatic heterocycles. The molecule has 0 aliphatic heterocycles.